The molecule has 0 aliphatic carbocycles. The second-order valence-corrected chi connectivity index (χ2v) is 6.52. The molecule has 0 bridgehead atoms. The number of fused-ring (bicyclic) bond motifs is 1. The largest absolute Gasteiger partial charge is 0.472 e. The molecular weight excluding hydrogens is 378 g/mol. The second kappa shape index (κ2) is 7.71. The lowest BCUT2D eigenvalue weighted by atomic mass is 10.1. The molecule has 0 unspecified atom stereocenters. The maximum absolute atomic E-state index is 13.6. The zero-order valence-electron chi connectivity index (χ0n) is 15.2. The molecule has 0 saturated heterocycles. The van der Waals surface area contributed by atoms with Crippen molar-refractivity contribution in [3.63, 3.8) is 0 Å². The Hall–Kier alpha value is -3.74. The number of benzene rings is 2. The van der Waals surface area contributed by atoms with E-state index in [1.807, 2.05) is 0 Å². The molecular formula is C22H16F2N2O3. The number of amides is 2. The van der Waals surface area contributed by atoms with E-state index in [9.17, 15) is 18.4 Å². The molecule has 2 aromatic carbocycles. The third-order valence-electron chi connectivity index (χ3n) is 4.66. The van der Waals surface area contributed by atoms with Gasteiger partial charge in [0.05, 0.1) is 11.8 Å². The summed E-state index contributed by atoms with van der Waals surface area (Å²) in [6.45, 7) is 0.531. The Morgan fingerprint density at radius 2 is 1.90 bits per heavy atom. The number of halogens is 2. The van der Waals surface area contributed by atoms with Crippen molar-refractivity contribution in [2.45, 2.75) is 6.42 Å². The van der Waals surface area contributed by atoms with Crippen molar-refractivity contribution in [2.24, 2.45) is 0 Å². The van der Waals surface area contributed by atoms with Gasteiger partial charge in [0.2, 0.25) is 5.91 Å². The number of rotatable bonds is 4. The van der Waals surface area contributed by atoms with Crippen molar-refractivity contribution in [1.29, 1.82) is 0 Å². The highest BCUT2D eigenvalue weighted by molar-refractivity contribution is 6.07. The number of nitrogens with one attached hydrogen (secondary N) is 1. The Kier molecular flexibility index (Phi) is 4.95. The molecule has 1 aliphatic rings. The first-order valence-corrected chi connectivity index (χ1v) is 8.93. The molecule has 0 saturated carbocycles. The van der Waals surface area contributed by atoms with Gasteiger partial charge in [-0.1, -0.05) is 6.07 Å². The highest BCUT2D eigenvalue weighted by Gasteiger charge is 2.26. The molecule has 1 aliphatic heterocycles. The van der Waals surface area contributed by atoms with Crippen LogP contribution < -0.4 is 10.2 Å². The van der Waals surface area contributed by atoms with Gasteiger partial charge in [0.15, 0.2) is 0 Å². The van der Waals surface area contributed by atoms with E-state index < -0.39 is 17.5 Å². The zero-order valence-corrected chi connectivity index (χ0v) is 15.2. The molecule has 0 spiro atoms. The van der Waals surface area contributed by atoms with Gasteiger partial charge >= 0.3 is 0 Å². The van der Waals surface area contributed by atoms with Crippen molar-refractivity contribution >= 4 is 29.3 Å². The van der Waals surface area contributed by atoms with E-state index >= 15 is 0 Å². The number of carbonyl (C=O) groups excluding carboxylic acids is 2. The predicted molar refractivity (Wildman–Crippen MR) is 105 cm³/mol. The molecule has 0 radical (unpaired) electrons. The summed E-state index contributed by atoms with van der Waals surface area (Å²) in [5, 5.41) is 2.66. The monoisotopic (exact) mass is 394 g/mol. The molecule has 0 atom stereocenters. The minimum absolute atomic E-state index is 0.149. The van der Waals surface area contributed by atoms with Crippen LogP contribution in [0.15, 0.2) is 65.5 Å². The van der Waals surface area contributed by atoms with Gasteiger partial charge in [-0.3, -0.25) is 9.59 Å². The van der Waals surface area contributed by atoms with E-state index in [0.717, 1.165) is 35.5 Å². The van der Waals surface area contributed by atoms with Crippen molar-refractivity contribution in [3.8, 4) is 0 Å². The average molecular weight is 394 g/mol. The number of furan rings is 1. The first-order chi connectivity index (χ1) is 14.0. The van der Waals surface area contributed by atoms with Gasteiger partial charge in [-0.25, -0.2) is 8.78 Å². The van der Waals surface area contributed by atoms with E-state index in [1.54, 1.807) is 29.2 Å². The summed E-state index contributed by atoms with van der Waals surface area (Å²) in [5.41, 5.74) is 2.43. The summed E-state index contributed by atoms with van der Waals surface area (Å²) in [6.07, 6.45) is 5.67. The first kappa shape index (κ1) is 18.6. The highest BCUT2D eigenvalue weighted by Crippen LogP contribution is 2.31. The maximum atomic E-state index is 13.6. The molecule has 2 heterocycles. The minimum atomic E-state index is -0.742. The third kappa shape index (κ3) is 3.80. The van der Waals surface area contributed by atoms with E-state index in [1.165, 1.54) is 18.6 Å². The van der Waals surface area contributed by atoms with Gasteiger partial charge in [-0.05, 0) is 54.5 Å². The second-order valence-electron chi connectivity index (χ2n) is 6.52. The normalized spacial score (nSPS) is 13.0. The number of hydrogen-bond acceptors (Lipinski definition) is 3. The lowest BCUT2D eigenvalue weighted by Gasteiger charge is -2.16. The molecule has 3 aromatic rings. The predicted octanol–water partition coefficient (Wildman–Crippen LogP) is 4.41. The van der Waals surface area contributed by atoms with Crippen LogP contribution in [0.5, 0.6) is 0 Å². The van der Waals surface area contributed by atoms with Gasteiger partial charge < -0.3 is 14.6 Å². The Labute approximate surface area is 165 Å². The third-order valence-corrected chi connectivity index (χ3v) is 4.66. The highest BCUT2D eigenvalue weighted by atomic mass is 19.1. The molecule has 1 aromatic heterocycles. The molecule has 0 fully saturated rings. The van der Waals surface area contributed by atoms with Crippen LogP contribution >= 0.6 is 0 Å². The fourth-order valence-corrected chi connectivity index (χ4v) is 3.25. The molecule has 2 amide bonds. The Morgan fingerprint density at radius 1 is 1.10 bits per heavy atom. The zero-order chi connectivity index (χ0) is 20.4. The lowest BCUT2D eigenvalue weighted by molar-refractivity contribution is -0.111. The summed E-state index contributed by atoms with van der Waals surface area (Å²) >= 11 is 0. The van der Waals surface area contributed by atoms with Crippen LogP contribution in [0.1, 0.15) is 21.5 Å². The Bertz CT molecular complexity index is 1090. The average Bonchev–Trinajstić information content (AvgIpc) is 3.37. The van der Waals surface area contributed by atoms with Crippen LogP contribution in [0.25, 0.3) is 6.08 Å². The molecule has 146 valence electrons. The quantitative estimate of drug-likeness (QED) is 0.667. The van der Waals surface area contributed by atoms with Crippen molar-refractivity contribution in [3.05, 3.63) is 89.4 Å². The summed E-state index contributed by atoms with van der Waals surface area (Å²) in [7, 11) is 0. The number of nitrogens with zero attached hydrogens (tertiary/aromatic N) is 1. The topological polar surface area (TPSA) is 62.6 Å². The van der Waals surface area contributed by atoms with Crippen molar-refractivity contribution in [1.82, 2.24) is 0 Å². The molecule has 29 heavy (non-hydrogen) atoms. The molecule has 4 rings (SSSR count). The van der Waals surface area contributed by atoms with Crippen molar-refractivity contribution in [2.75, 3.05) is 16.8 Å². The smallest absolute Gasteiger partial charge is 0.261 e. The van der Waals surface area contributed by atoms with Crippen LogP contribution in [0, 0.1) is 11.6 Å². The van der Waals surface area contributed by atoms with Crippen LogP contribution in [0.3, 0.4) is 0 Å². The van der Waals surface area contributed by atoms with Crippen LogP contribution in [-0.4, -0.2) is 18.4 Å². The SMILES string of the molecule is O=C(/C=C/c1c(F)cccc1F)Nc1ccc2c(c1)CCN2C(=O)c1ccoc1. The Balaban J connectivity index is 1.47. The van der Waals surface area contributed by atoms with Crippen LogP contribution in [0.4, 0.5) is 20.2 Å². The van der Waals surface area contributed by atoms with E-state index in [0.29, 0.717) is 24.2 Å². The van der Waals surface area contributed by atoms with Gasteiger partial charge in [0, 0.05) is 29.6 Å². The van der Waals surface area contributed by atoms with Gasteiger partial charge in [-0.15, -0.1) is 0 Å². The summed E-state index contributed by atoms with van der Waals surface area (Å²) in [5.74, 6) is -2.15. The van der Waals surface area contributed by atoms with E-state index in [2.05, 4.69) is 5.32 Å². The number of hydrogen-bond donors (Lipinski definition) is 1. The minimum Gasteiger partial charge on any atom is -0.472 e. The van der Waals surface area contributed by atoms with Crippen LogP contribution in [0.2, 0.25) is 0 Å². The maximum Gasteiger partial charge on any atom is 0.261 e. The van der Waals surface area contributed by atoms with Gasteiger partial charge in [-0.2, -0.15) is 0 Å². The molecule has 7 heteroatoms. The van der Waals surface area contributed by atoms with Gasteiger partial charge in [0.25, 0.3) is 5.91 Å². The number of carbonyl (C=O) groups is 2. The Morgan fingerprint density at radius 3 is 2.62 bits per heavy atom. The summed E-state index contributed by atoms with van der Waals surface area (Å²) < 4.78 is 32.2. The number of anilines is 2. The van der Waals surface area contributed by atoms with Gasteiger partial charge in [0.1, 0.15) is 17.9 Å². The summed E-state index contributed by atoms with van der Waals surface area (Å²) in [4.78, 5) is 26.3. The first-order valence-electron chi connectivity index (χ1n) is 8.93. The fraction of sp³-hybridized carbons (Fsp3) is 0.0909. The molecule has 5 nitrogen and oxygen atoms in total. The lowest BCUT2D eigenvalue weighted by Crippen LogP contribution is -2.28. The van der Waals surface area contributed by atoms with E-state index in [4.69, 9.17) is 4.42 Å². The standard InChI is InChI=1S/C22H16F2N2O3/c23-18-2-1-3-19(24)17(18)5-7-21(27)25-16-4-6-20-14(12-16)8-10-26(20)22(28)15-9-11-29-13-15/h1-7,9,11-13H,8,10H2,(H,25,27)/b7-5+. The fourth-order valence-electron chi connectivity index (χ4n) is 3.25. The summed E-state index contributed by atoms with van der Waals surface area (Å²) in [6, 6.07) is 10.3. The van der Waals surface area contributed by atoms with E-state index in [-0.39, 0.29) is 11.5 Å². The van der Waals surface area contributed by atoms with Crippen molar-refractivity contribution < 1.29 is 22.8 Å². The molecule has 1 N–H and O–H groups in total. The van der Waals surface area contributed by atoms with Crippen LogP contribution in [-0.2, 0) is 11.2 Å².